The summed E-state index contributed by atoms with van der Waals surface area (Å²) in [5, 5.41) is 0.793. The molecule has 0 amide bonds. The molecule has 2 aliphatic heterocycles. The van der Waals surface area contributed by atoms with Crippen molar-refractivity contribution in [1.82, 2.24) is 4.90 Å². The first-order chi connectivity index (χ1) is 11.8. The molecule has 1 unspecified atom stereocenters. The van der Waals surface area contributed by atoms with Gasteiger partial charge in [-0.2, -0.15) is 0 Å². The van der Waals surface area contributed by atoms with Gasteiger partial charge in [-0.3, -0.25) is 4.90 Å². The number of fused-ring (bicyclic) bond motifs is 1. The molecule has 0 spiro atoms. The van der Waals surface area contributed by atoms with Crippen LogP contribution in [0.15, 0.2) is 48.5 Å². The highest BCUT2D eigenvalue weighted by molar-refractivity contribution is 6.30. The van der Waals surface area contributed by atoms with Crippen molar-refractivity contribution in [2.45, 2.75) is 6.10 Å². The molecule has 0 N–H and O–H groups in total. The summed E-state index contributed by atoms with van der Waals surface area (Å²) >= 11 is 6.10. The van der Waals surface area contributed by atoms with E-state index < -0.39 is 0 Å². The largest absolute Gasteiger partial charge is 0.486 e. The van der Waals surface area contributed by atoms with Gasteiger partial charge in [0.1, 0.15) is 12.7 Å². The number of nitrogens with zero attached hydrogens (tertiary/aromatic N) is 2. The molecular weight excluding hydrogens is 324 g/mol. The van der Waals surface area contributed by atoms with Gasteiger partial charge < -0.3 is 14.4 Å². The van der Waals surface area contributed by atoms with Gasteiger partial charge in [0.05, 0.1) is 0 Å². The van der Waals surface area contributed by atoms with Crippen LogP contribution >= 0.6 is 11.6 Å². The standard InChI is InChI=1S/C19H21ClN2O2/c20-15-4-3-5-16(12-15)22-10-8-21(9-11-22)13-17-14-23-18-6-1-2-7-19(18)24-17/h1-7,12,17H,8-11,13-14H2. The molecule has 1 fully saturated rings. The van der Waals surface area contributed by atoms with Gasteiger partial charge in [-0.05, 0) is 30.3 Å². The van der Waals surface area contributed by atoms with Crippen molar-refractivity contribution in [3.63, 3.8) is 0 Å². The Balaban J connectivity index is 1.31. The monoisotopic (exact) mass is 344 g/mol. The predicted molar refractivity (Wildman–Crippen MR) is 96.5 cm³/mol. The summed E-state index contributed by atoms with van der Waals surface area (Å²) in [5.74, 6) is 1.70. The summed E-state index contributed by atoms with van der Waals surface area (Å²) in [5.41, 5.74) is 1.20. The Morgan fingerprint density at radius 1 is 0.958 bits per heavy atom. The molecule has 2 heterocycles. The fourth-order valence-electron chi connectivity index (χ4n) is 3.30. The number of halogens is 1. The first-order valence-electron chi connectivity index (χ1n) is 8.39. The van der Waals surface area contributed by atoms with E-state index in [9.17, 15) is 0 Å². The lowest BCUT2D eigenvalue weighted by atomic mass is 10.2. The van der Waals surface area contributed by atoms with Crippen molar-refractivity contribution in [2.75, 3.05) is 44.2 Å². The maximum Gasteiger partial charge on any atom is 0.161 e. The van der Waals surface area contributed by atoms with Gasteiger partial charge in [-0.15, -0.1) is 0 Å². The summed E-state index contributed by atoms with van der Waals surface area (Å²) < 4.78 is 11.9. The third kappa shape index (κ3) is 3.45. The van der Waals surface area contributed by atoms with Crippen LogP contribution in [-0.4, -0.2) is 50.3 Å². The Hall–Kier alpha value is -1.91. The number of benzene rings is 2. The van der Waals surface area contributed by atoms with Crippen molar-refractivity contribution in [2.24, 2.45) is 0 Å². The van der Waals surface area contributed by atoms with Crippen molar-refractivity contribution < 1.29 is 9.47 Å². The lowest BCUT2D eigenvalue weighted by Gasteiger charge is -2.38. The minimum absolute atomic E-state index is 0.0950. The molecule has 0 radical (unpaired) electrons. The number of anilines is 1. The Bertz CT molecular complexity index is 701. The van der Waals surface area contributed by atoms with E-state index in [1.807, 2.05) is 42.5 Å². The Morgan fingerprint density at radius 3 is 2.54 bits per heavy atom. The van der Waals surface area contributed by atoms with Crippen LogP contribution in [0.3, 0.4) is 0 Å². The average Bonchev–Trinajstić information content (AvgIpc) is 2.62. The quantitative estimate of drug-likeness (QED) is 0.853. The number of para-hydroxylation sites is 2. The van der Waals surface area contributed by atoms with Gasteiger partial charge in [0, 0.05) is 43.4 Å². The number of hydrogen-bond acceptors (Lipinski definition) is 4. The fourth-order valence-corrected chi connectivity index (χ4v) is 3.49. The Labute approximate surface area is 147 Å². The molecule has 4 rings (SSSR count). The van der Waals surface area contributed by atoms with Gasteiger partial charge in [-0.1, -0.05) is 29.8 Å². The van der Waals surface area contributed by atoms with E-state index in [4.69, 9.17) is 21.1 Å². The molecule has 0 saturated carbocycles. The highest BCUT2D eigenvalue weighted by Gasteiger charge is 2.25. The molecule has 1 saturated heterocycles. The zero-order valence-corrected chi connectivity index (χ0v) is 14.3. The molecule has 2 aromatic rings. The van der Waals surface area contributed by atoms with Crippen LogP contribution in [0.4, 0.5) is 5.69 Å². The first kappa shape index (κ1) is 15.6. The van der Waals surface area contributed by atoms with Crippen molar-refractivity contribution in [3.05, 3.63) is 53.6 Å². The minimum Gasteiger partial charge on any atom is -0.486 e. The zero-order valence-electron chi connectivity index (χ0n) is 13.5. The van der Waals surface area contributed by atoms with Crippen LogP contribution in [-0.2, 0) is 0 Å². The Kier molecular flexibility index (Phi) is 4.50. The summed E-state index contributed by atoms with van der Waals surface area (Å²) in [7, 11) is 0. The summed E-state index contributed by atoms with van der Waals surface area (Å²) in [6, 6.07) is 16.0. The molecule has 1 atom stereocenters. The second kappa shape index (κ2) is 6.91. The second-order valence-corrected chi connectivity index (χ2v) is 6.70. The highest BCUT2D eigenvalue weighted by Crippen LogP contribution is 2.31. The molecule has 4 nitrogen and oxygen atoms in total. The van der Waals surface area contributed by atoms with E-state index in [2.05, 4.69) is 15.9 Å². The molecule has 0 aromatic heterocycles. The third-order valence-corrected chi connectivity index (χ3v) is 4.81. The second-order valence-electron chi connectivity index (χ2n) is 6.27. The zero-order chi connectivity index (χ0) is 16.4. The van der Waals surface area contributed by atoms with Gasteiger partial charge in [0.2, 0.25) is 0 Å². The molecule has 2 aliphatic rings. The van der Waals surface area contributed by atoms with E-state index in [0.29, 0.717) is 6.61 Å². The molecule has 126 valence electrons. The van der Waals surface area contributed by atoms with Crippen molar-refractivity contribution >= 4 is 17.3 Å². The summed E-state index contributed by atoms with van der Waals surface area (Å²) in [4.78, 5) is 4.83. The van der Waals surface area contributed by atoms with E-state index in [0.717, 1.165) is 49.2 Å². The number of hydrogen-bond donors (Lipinski definition) is 0. The van der Waals surface area contributed by atoms with Crippen LogP contribution in [0.1, 0.15) is 0 Å². The topological polar surface area (TPSA) is 24.9 Å². The molecular formula is C19H21ClN2O2. The SMILES string of the molecule is Clc1cccc(N2CCN(CC3COc4ccccc4O3)CC2)c1. The molecule has 0 bridgehead atoms. The third-order valence-electron chi connectivity index (χ3n) is 4.57. The van der Waals surface area contributed by atoms with E-state index in [1.165, 1.54) is 5.69 Å². The Morgan fingerprint density at radius 2 is 1.75 bits per heavy atom. The maximum atomic E-state index is 6.10. The maximum absolute atomic E-state index is 6.10. The first-order valence-corrected chi connectivity index (χ1v) is 8.77. The van der Waals surface area contributed by atoms with Crippen molar-refractivity contribution in [1.29, 1.82) is 0 Å². The van der Waals surface area contributed by atoms with Crippen LogP contribution in [0, 0.1) is 0 Å². The van der Waals surface area contributed by atoms with Gasteiger partial charge in [-0.25, -0.2) is 0 Å². The number of piperazine rings is 1. The molecule has 24 heavy (non-hydrogen) atoms. The fraction of sp³-hybridized carbons (Fsp3) is 0.368. The van der Waals surface area contributed by atoms with E-state index in [-0.39, 0.29) is 6.10 Å². The average molecular weight is 345 g/mol. The summed E-state index contributed by atoms with van der Waals surface area (Å²) in [6.45, 7) is 5.57. The van der Waals surface area contributed by atoms with Gasteiger partial charge in [0.15, 0.2) is 11.5 Å². The number of rotatable bonds is 3. The minimum atomic E-state index is 0.0950. The predicted octanol–water partition coefficient (Wildman–Crippen LogP) is 3.30. The smallest absolute Gasteiger partial charge is 0.161 e. The van der Waals surface area contributed by atoms with Crippen LogP contribution in [0.2, 0.25) is 5.02 Å². The number of ether oxygens (including phenoxy) is 2. The van der Waals surface area contributed by atoms with Gasteiger partial charge in [0.25, 0.3) is 0 Å². The van der Waals surface area contributed by atoms with E-state index >= 15 is 0 Å². The normalized spacial score (nSPS) is 20.9. The highest BCUT2D eigenvalue weighted by atomic mass is 35.5. The summed E-state index contributed by atoms with van der Waals surface area (Å²) in [6.07, 6.45) is 0.0950. The van der Waals surface area contributed by atoms with Crippen molar-refractivity contribution in [3.8, 4) is 11.5 Å². The van der Waals surface area contributed by atoms with Crippen LogP contribution in [0.25, 0.3) is 0 Å². The van der Waals surface area contributed by atoms with E-state index in [1.54, 1.807) is 0 Å². The molecule has 5 heteroatoms. The van der Waals surface area contributed by atoms with Gasteiger partial charge >= 0.3 is 0 Å². The lowest BCUT2D eigenvalue weighted by molar-refractivity contribution is 0.0571. The van der Waals surface area contributed by atoms with Crippen LogP contribution < -0.4 is 14.4 Å². The molecule has 0 aliphatic carbocycles. The van der Waals surface area contributed by atoms with Crippen LogP contribution in [0.5, 0.6) is 11.5 Å². The molecule has 2 aromatic carbocycles. The lowest BCUT2D eigenvalue weighted by Crippen LogP contribution is -2.50.